The Kier molecular flexibility index (Phi) is 4.44. The van der Waals surface area contributed by atoms with Crippen LogP contribution in [0.25, 0.3) is 6.20 Å². The van der Waals surface area contributed by atoms with E-state index in [0.29, 0.717) is 18.1 Å². The summed E-state index contributed by atoms with van der Waals surface area (Å²) in [5, 5.41) is 18.2. The predicted molar refractivity (Wildman–Crippen MR) is 101 cm³/mol. The van der Waals surface area contributed by atoms with Gasteiger partial charge in [-0.2, -0.15) is 10.5 Å². The minimum Gasteiger partial charge on any atom is -0.323 e. The van der Waals surface area contributed by atoms with Crippen LogP contribution in [0, 0.1) is 46.3 Å². The minimum absolute atomic E-state index is 0.0254. The second kappa shape index (κ2) is 7.20. The lowest BCUT2D eigenvalue weighted by Crippen LogP contribution is -2.23. The van der Waals surface area contributed by atoms with Gasteiger partial charge in [0.2, 0.25) is 0 Å². The van der Waals surface area contributed by atoms with Gasteiger partial charge in [-0.1, -0.05) is 18.1 Å². The second-order valence-electron chi connectivity index (χ2n) is 6.42. The lowest BCUT2D eigenvalue weighted by molar-refractivity contribution is 0.580. The molecule has 0 saturated carbocycles. The van der Waals surface area contributed by atoms with Crippen LogP contribution < -0.4 is 4.90 Å². The summed E-state index contributed by atoms with van der Waals surface area (Å²) in [5.41, 5.74) is 2.30. The van der Waals surface area contributed by atoms with Gasteiger partial charge < -0.3 is 9.47 Å². The molecule has 6 heteroatoms. The highest BCUT2D eigenvalue weighted by Gasteiger charge is 2.18. The largest absolute Gasteiger partial charge is 0.323 e. The Morgan fingerprint density at radius 2 is 1.81 bits per heavy atom. The number of allylic oxidation sites excluding steroid dienone is 2. The lowest BCUT2D eigenvalue weighted by Gasteiger charge is -2.24. The van der Waals surface area contributed by atoms with Crippen LogP contribution in [0.2, 0.25) is 0 Å². The van der Waals surface area contributed by atoms with Crippen molar-refractivity contribution >= 4 is 12.0 Å². The predicted octanol–water partition coefficient (Wildman–Crippen LogP) is 3.06. The average molecular weight is 352 g/mol. The molecule has 6 nitrogen and oxygen atoms in total. The van der Waals surface area contributed by atoms with Crippen LogP contribution in [0.3, 0.4) is 0 Å². The summed E-state index contributed by atoms with van der Waals surface area (Å²) < 4.78 is 2.05. The van der Waals surface area contributed by atoms with Crippen LogP contribution in [-0.2, 0) is 6.54 Å². The van der Waals surface area contributed by atoms with Crippen molar-refractivity contribution < 1.29 is 0 Å². The molecule has 0 amide bonds. The monoisotopic (exact) mass is 352 g/mol. The van der Waals surface area contributed by atoms with Crippen LogP contribution in [-0.4, -0.2) is 14.5 Å². The number of hydrogen-bond donors (Lipinski definition) is 0. The number of nitriles is 2. The van der Waals surface area contributed by atoms with Crippen molar-refractivity contribution in [2.75, 3.05) is 4.90 Å². The van der Waals surface area contributed by atoms with Gasteiger partial charge in [-0.15, -0.1) is 0 Å². The van der Waals surface area contributed by atoms with Gasteiger partial charge in [-0.3, -0.25) is 0 Å². The van der Waals surface area contributed by atoms with E-state index in [1.807, 2.05) is 41.6 Å². The van der Waals surface area contributed by atoms with E-state index in [0.717, 1.165) is 24.2 Å². The Bertz CT molecular complexity index is 1070. The Morgan fingerprint density at radius 3 is 2.59 bits per heavy atom. The number of hydrogen-bond acceptors (Lipinski definition) is 5. The van der Waals surface area contributed by atoms with Crippen LogP contribution in [0.15, 0.2) is 42.9 Å². The molecule has 0 saturated heterocycles. The number of fused-ring (bicyclic) bond motifs is 1. The maximum atomic E-state index is 9.22. The van der Waals surface area contributed by atoms with Crippen molar-refractivity contribution in [2.45, 2.75) is 19.4 Å². The normalized spacial score (nSPS) is 20.1. The Labute approximate surface area is 157 Å². The van der Waals surface area contributed by atoms with Crippen molar-refractivity contribution in [2.24, 2.45) is 11.8 Å². The van der Waals surface area contributed by atoms with Crippen molar-refractivity contribution in [3.63, 3.8) is 0 Å². The number of anilines is 1. The molecule has 0 radical (unpaired) electrons. The first kappa shape index (κ1) is 16.6. The molecule has 2 atom stereocenters. The standard InChI is InChI=1S/C21H16N6/c22-13-17-3-1-16(2-4-17)5-6-18-7-8-19-15-26(11-12-27(18)19)21-20(14-23)24-9-10-25-21/h1,3,7-12,16-17H,2,4,15H2. The fourth-order valence-electron chi connectivity index (χ4n) is 3.25. The lowest BCUT2D eigenvalue weighted by atomic mass is 9.90. The molecule has 1 aliphatic heterocycles. The molecule has 2 aromatic heterocycles. The van der Waals surface area contributed by atoms with E-state index in [2.05, 4.69) is 38.5 Å². The third-order valence-electron chi connectivity index (χ3n) is 4.70. The Morgan fingerprint density at radius 1 is 1.00 bits per heavy atom. The maximum Gasteiger partial charge on any atom is 0.183 e. The Balaban J connectivity index is 1.54. The van der Waals surface area contributed by atoms with Gasteiger partial charge in [0.25, 0.3) is 0 Å². The van der Waals surface area contributed by atoms with Crippen molar-refractivity contribution in [1.29, 1.82) is 10.5 Å². The summed E-state index contributed by atoms with van der Waals surface area (Å²) in [6.45, 7) is 0.596. The zero-order valence-corrected chi connectivity index (χ0v) is 14.6. The average Bonchev–Trinajstić information content (AvgIpc) is 3.14. The SMILES string of the molecule is N#Cc1nccnc1N1C=Cn2c(C#CC3C=CC(C#N)CC3)ccc2C1. The van der Waals surface area contributed by atoms with Gasteiger partial charge in [-0.25, -0.2) is 9.97 Å². The molecule has 3 heterocycles. The first-order valence-corrected chi connectivity index (χ1v) is 8.74. The molecule has 0 bridgehead atoms. The zero-order chi connectivity index (χ0) is 18.6. The molecule has 27 heavy (non-hydrogen) atoms. The summed E-state index contributed by atoms with van der Waals surface area (Å²) in [7, 11) is 0. The molecule has 0 N–H and O–H groups in total. The topological polar surface area (TPSA) is 81.5 Å². The molecule has 2 unspecified atom stereocenters. The summed E-state index contributed by atoms with van der Waals surface area (Å²) in [6, 6.07) is 8.40. The number of aromatic nitrogens is 3. The maximum absolute atomic E-state index is 9.22. The molecular formula is C21H16N6. The highest BCUT2D eigenvalue weighted by Crippen LogP contribution is 2.24. The van der Waals surface area contributed by atoms with Gasteiger partial charge in [0.15, 0.2) is 11.5 Å². The molecule has 130 valence electrons. The first-order valence-electron chi connectivity index (χ1n) is 8.74. The van der Waals surface area contributed by atoms with E-state index in [9.17, 15) is 5.26 Å². The van der Waals surface area contributed by atoms with Gasteiger partial charge in [0.1, 0.15) is 6.07 Å². The summed E-state index contributed by atoms with van der Waals surface area (Å²) in [6.07, 6.45) is 12.7. The van der Waals surface area contributed by atoms with Crippen LogP contribution in [0.4, 0.5) is 5.82 Å². The highest BCUT2D eigenvalue weighted by atomic mass is 15.2. The van der Waals surface area contributed by atoms with E-state index in [1.165, 1.54) is 6.20 Å². The quantitative estimate of drug-likeness (QED) is 0.582. The summed E-state index contributed by atoms with van der Waals surface area (Å²) in [4.78, 5) is 10.3. The molecular weight excluding hydrogens is 336 g/mol. The molecule has 2 aliphatic rings. The van der Waals surface area contributed by atoms with E-state index < -0.39 is 0 Å². The zero-order valence-electron chi connectivity index (χ0n) is 14.6. The minimum atomic E-state index is 0.0254. The smallest absolute Gasteiger partial charge is 0.183 e. The molecule has 1 aliphatic carbocycles. The van der Waals surface area contributed by atoms with Crippen LogP contribution in [0.1, 0.15) is 29.9 Å². The summed E-state index contributed by atoms with van der Waals surface area (Å²) >= 11 is 0. The number of rotatable bonds is 1. The number of nitrogens with zero attached hydrogens (tertiary/aromatic N) is 6. The van der Waals surface area contributed by atoms with E-state index in [-0.39, 0.29) is 11.8 Å². The van der Waals surface area contributed by atoms with Gasteiger partial charge in [-0.05, 0) is 30.9 Å². The Hall–Kier alpha value is -3.82. The second-order valence-corrected chi connectivity index (χ2v) is 6.42. The van der Waals surface area contributed by atoms with E-state index >= 15 is 0 Å². The molecule has 0 spiro atoms. The fourth-order valence-corrected chi connectivity index (χ4v) is 3.25. The molecule has 0 fully saturated rings. The molecule has 4 rings (SSSR count). The van der Waals surface area contributed by atoms with Crippen molar-refractivity contribution in [3.8, 4) is 24.0 Å². The first-order chi connectivity index (χ1) is 13.3. The van der Waals surface area contributed by atoms with E-state index in [4.69, 9.17) is 5.26 Å². The molecule has 0 aromatic carbocycles. The third-order valence-corrected chi connectivity index (χ3v) is 4.70. The molecule has 2 aromatic rings. The van der Waals surface area contributed by atoms with Gasteiger partial charge >= 0.3 is 0 Å². The van der Waals surface area contributed by atoms with Gasteiger partial charge in [0.05, 0.1) is 24.2 Å². The van der Waals surface area contributed by atoms with Crippen LogP contribution in [0.5, 0.6) is 0 Å². The third kappa shape index (κ3) is 3.32. The fraction of sp³-hybridized carbons (Fsp3) is 0.238. The van der Waals surface area contributed by atoms with Crippen molar-refractivity contribution in [1.82, 2.24) is 14.5 Å². The summed E-state index contributed by atoms with van der Waals surface area (Å²) in [5.74, 6) is 7.34. The van der Waals surface area contributed by atoms with Crippen molar-refractivity contribution in [3.05, 3.63) is 60.0 Å². The van der Waals surface area contributed by atoms with Crippen LogP contribution >= 0.6 is 0 Å². The highest BCUT2D eigenvalue weighted by molar-refractivity contribution is 5.57. The van der Waals surface area contributed by atoms with Gasteiger partial charge in [0, 0.05) is 36.4 Å². The van der Waals surface area contributed by atoms with E-state index in [1.54, 1.807) is 6.20 Å².